The summed E-state index contributed by atoms with van der Waals surface area (Å²) in [6.07, 6.45) is 0. The molecule has 3 aromatic rings. The Morgan fingerprint density at radius 1 is 1.08 bits per heavy atom. The lowest BCUT2D eigenvalue weighted by molar-refractivity contribution is -0.143. The van der Waals surface area contributed by atoms with Gasteiger partial charge < -0.3 is 10.5 Å². The molecule has 0 unspecified atom stereocenters. The molecule has 1 aromatic heterocycles. The fourth-order valence-corrected chi connectivity index (χ4v) is 2.50. The first kappa shape index (κ1) is 17.3. The first-order chi connectivity index (χ1) is 12.7. The molecule has 3 rings (SSSR count). The van der Waals surface area contributed by atoms with E-state index < -0.39 is 0 Å². The Hall–Kier alpha value is -3.52. The zero-order valence-electron chi connectivity index (χ0n) is 14.5. The van der Waals surface area contributed by atoms with Crippen LogP contribution in [0.4, 0.5) is 5.82 Å². The number of nitrogen functional groups attached to an aromatic ring is 1. The number of anilines is 1. The molecule has 0 radical (unpaired) electrons. The van der Waals surface area contributed by atoms with E-state index in [1.807, 2.05) is 60.7 Å². The zero-order chi connectivity index (χ0) is 18.4. The van der Waals surface area contributed by atoms with E-state index in [9.17, 15) is 4.79 Å². The van der Waals surface area contributed by atoms with E-state index in [4.69, 9.17) is 10.5 Å². The van der Waals surface area contributed by atoms with E-state index in [-0.39, 0.29) is 12.5 Å². The summed E-state index contributed by atoms with van der Waals surface area (Å²) in [5, 5.41) is 4.50. The maximum absolute atomic E-state index is 11.8. The molecule has 5 heteroatoms. The van der Waals surface area contributed by atoms with Crippen molar-refractivity contribution in [2.75, 3.05) is 12.3 Å². The summed E-state index contributed by atoms with van der Waals surface area (Å²) in [7, 11) is 0. The van der Waals surface area contributed by atoms with Crippen molar-refractivity contribution in [2.24, 2.45) is 0 Å². The van der Waals surface area contributed by atoms with Gasteiger partial charge in [-0.2, -0.15) is 5.10 Å². The second-order valence-corrected chi connectivity index (χ2v) is 5.55. The molecular formula is C21H19N3O2. The van der Waals surface area contributed by atoms with E-state index in [0.29, 0.717) is 23.7 Å². The van der Waals surface area contributed by atoms with Gasteiger partial charge in [0, 0.05) is 11.1 Å². The highest BCUT2D eigenvalue weighted by atomic mass is 16.5. The summed E-state index contributed by atoms with van der Waals surface area (Å²) in [5.74, 6) is 6.18. The smallest absolute Gasteiger partial charge is 0.327 e. The van der Waals surface area contributed by atoms with Crippen molar-refractivity contribution in [2.45, 2.75) is 13.5 Å². The number of carbonyl (C=O) groups is 1. The molecule has 0 saturated heterocycles. The number of nitrogens with zero attached hydrogens (tertiary/aromatic N) is 2. The number of esters is 1. The number of nitrogens with two attached hydrogens (primary N) is 1. The highest BCUT2D eigenvalue weighted by molar-refractivity contribution is 5.76. The minimum atomic E-state index is -0.385. The van der Waals surface area contributed by atoms with Gasteiger partial charge in [-0.3, -0.25) is 4.79 Å². The number of ether oxygens (including phenoxy) is 1. The fourth-order valence-electron chi connectivity index (χ4n) is 2.50. The second-order valence-electron chi connectivity index (χ2n) is 5.55. The third-order valence-electron chi connectivity index (χ3n) is 3.73. The fraction of sp³-hybridized carbons (Fsp3) is 0.143. The van der Waals surface area contributed by atoms with Crippen molar-refractivity contribution >= 4 is 11.8 Å². The molecule has 130 valence electrons. The van der Waals surface area contributed by atoms with Gasteiger partial charge in [0.15, 0.2) is 0 Å². The van der Waals surface area contributed by atoms with Gasteiger partial charge in [0.1, 0.15) is 18.1 Å². The van der Waals surface area contributed by atoms with Crippen LogP contribution in [0.5, 0.6) is 0 Å². The molecule has 0 aliphatic rings. The van der Waals surface area contributed by atoms with Crippen LogP contribution in [0.2, 0.25) is 0 Å². The van der Waals surface area contributed by atoms with E-state index in [1.165, 1.54) is 4.68 Å². The monoisotopic (exact) mass is 345 g/mol. The standard InChI is InChI=1S/C21H19N3O2/c1-2-26-19(25)15-24-21(22)18(14-13-16-9-5-3-6-10-16)20(23-24)17-11-7-4-8-12-17/h3-12H,2,15,22H2,1H3. The third kappa shape index (κ3) is 3.93. The molecule has 0 saturated carbocycles. The molecule has 0 aliphatic carbocycles. The van der Waals surface area contributed by atoms with Gasteiger partial charge in [0.05, 0.1) is 12.2 Å². The maximum Gasteiger partial charge on any atom is 0.327 e. The molecule has 0 atom stereocenters. The third-order valence-corrected chi connectivity index (χ3v) is 3.73. The molecule has 0 aliphatic heterocycles. The molecule has 2 aromatic carbocycles. The Morgan fingerprint density at radius 2 is 1.73 bits per heavy atom. The number of rotatable bonds is 4. The zero-order valence-corrected chi connectivity index (χ0v) is 14.5. The van der Waals surface area contributed by atoms with Crippen LogP contribution in [0.1, 0.15) is 18.1 Å². The van der Waals surface area contributed by atoms with E-state index >= 15 is 0 Å². The van der Waals surface area contributed by atoms with Crippen LogP contribution >= 0.6 is 0 Å². The van der Waals surface area contributed by atoms with Gasteiger partial charge in [-0.05, 0) is 19.1 Å². The van der Waals surface area contributed by atoms with Crippen molar-refractivity contribution in [3.05, 3.63) is 71.8 Å². The molecule has 0 spiro atoms. The molecule has 1 heterocycles. The topological polar surface area (TPSA) is 70.1 Å². The van der Waals surface area contributed by atoms with Gasteiger partial charge in [0.2, 0.25) is 0 Å². The van der Waals surface area contributed by atoms with Crippen molar-refractivity contribution in [3.8, 4) is 23.1 Å². The van der Waals surface area contributed by atoms with E-state index in [2.05, 4.69) is 16.9 Å². The number of benzene rings is 2. The molecular weight excluding hydrogens is 326 g/mol. The van der Waals surface area contributed by atoms with Gasteiger partial charge >= 0.3 is 5.97 Å². The molecule has 0 fully saturated rings. The second kappa shape index (κ2) is 8.04. The van der Waals surface area contributed by atoms with Crippen LogP contribution in [0.3, 0.4) is 0 Å². The Balaban J connectivity index is 2.04. The first-order valence-electron chi connectivity index (χ1n) is 8.33. The maximum atomic E-state index is 11.8. The summed E-state index contributed by atoms with van der Waals surface area (Å²) >= 11 is 0. The van der Waals surface area contributed by atoms with Crippen LogP contribution < -0.4 is 5.73 Å². The van der Waals surface area contributed by atoms with Gasteiger partial charge in [0.25, 0.3) is 0 Å². The largest absolute Gasteiger partial charge is 0.465 e. The highest BCUT2D eigenvalue weighted by Crippen LogP contribution is 2.26. The van der Waals surface area contributed by atoms with Crippen LogP contribution in [-0.4, -0.2) is 22.4 Å². The van der Waals surface area contributed by atoms with Crippen LogP contribution in [0.15, 0.2) is 60.7 Å². The predicted octanol–water partition coefficient (Wildman–Crippen LogP) is 3.10. The van der Waals surface area contributed by atoms with Crippen molar-refractivity contribution in [1.29, 1.82) is 0 Å². The number of hydrogen-bond acceptors (Lipinski definition) is 4. The summed E-state index contributed by atoms with van der Waals surface area (Å²) in [5.41, 5.74) is 9.26. The summed E-state index contributed by atoms with van der Waals surface area (Å²) < 4.78 is 6.43. The number of hydrogen-bond donors (Lipinski definition) is 1. The van der Waals surface area contributed by atoms with Crippen molar-refractivity contribution in [1.82, 2.24) is 9.78 Å². The van der Waals surface area contributed by atoms with Gasteiger partial charge in [-0.15, -0.1) is 0 Å². The summed E-state index contributed by atoms with van der Waals surface area (Å²) in [6.45, 7) is 2.02. The van der Waals surface area contributed by atoms with E-state index in [1.54, 1.807) is 6.92 Å². The quantitative estimate of drug-likeness (QED) is 0.583. The molecule has 0 bridgehead atoms. The van der Waals surface area contributed by atoms with Crippen molar-refractivity contribution < 1.29 is 9.53 Å². The number of carbonyl (C=O) groups excluding carboxylic acids is 1. The Morgan fingerprint density at radius 3 is 2.38 bits per heavy atom. The van der Waals surface area contributed by atoms with Crippen LogP contribution in [-0.2, 0) is 16.1 Å². The lowest BCUT2D eigenvalue weighted by Crippen LogP contribution is -2.16. The van der Waals surface area contributed by atoms with E-state index in [0.717, 1.165) is 11.1 Å². The first-order valence-corrected chi connectivity index (χ1v) is 8.33. The lowest BCUT2D eigenvalue weighted by Gasteiger charge is -2.03. The Labute approximate surface area is 152 Å². The number of aromatic nitrogens is 2. The lowest BCUT2D eigenvalue weighted by atomic mass is 10.1. The molecule has 26 heavy (non-hydrogen) atoms. The molecule has 5 nitrogen and oxygen atoms in total. The minimum Gasteiger partial charge on any atom is -0.465 e. The molecule has 2 N–H and O–H groups in total. The normalized spacial score (nSPS) is 10.0. The van der Waals surface area contributed by atoms with Gasteiger partial charge in [-0.25, -0.2) is 4.68 Å². The van der Waals surface area contributed by atoms with Crippen LogP contribution in [0, 0.1) is 11.8 Å². The van der Waals surface area contributed by atoms with Crippen LogP contribution in [0.25, 0.3) is 11.3 Å². The summed E-state index contributed by atoms with van der Waals surface area (Å²) in [6, 6.07) is 19.3. The highest BCUT2D eigenvalue weighted by Gasteiger charge is 2.17. The average Bonchev–Trinajstić information content (AvgIpc) is 2.97. The molecule has 0 amide bonds. The predicted molar refractivity (Wildman–Crippen MR) is 101 cm³/mol. The van der Waals surface area contributed by atoms with Gasteiger partial charge in [-0.1, -0.05) is 60.4 Å². The Bertz CT molecular complexity index is 951. The van der Waals surface area contributed by atoms with Crippen molar-refractivity contribution in [3.63, 3.8) is 0 Å². The average molecular weight is 345 g/mol. The SMILES string of the molecule is CCOC(=O)Cn1nc(-c2ccccc2)c(C#Cc2ccccc2)c1N. The Kier molecular flexibility index (Phi) is 5.35. The summed E-state index contributed by atoms with van der Waals surface area (Å²) in [4.78, 5) is 11.8. The minimum absolute atomic E-state index is 0.0491.